The summed E-state index contributed by atoms with van der Waals surface area (Å²) in [6.45, 7) is 10.7. The van der Waals surface area contributed by atoms with Gasteiger partial charge in [0.25, 0.3) is 0 Å². The molecule has 0 unspecified atom stereocenters. The number of pyridine rings is 1. The molecule has 1 aliphatic rings. The molecule has 0 aliphatic heterocycles. The minimum Gasteiger partial charge on any atom is -0.408 e. The number of rotatable bonds is 6. The van der Waals surface area contributed by atoms with Crippen LogP contribution in [0.3, 0.4) is 0 Å². The van der Waals surface area contributed by atoms with Crippen LogP contribution in [0.5, 0.6) is 0 Å². The highest BCUT2D eigenvalue weighted by Crippen LogP contribution is 2.34. The van der Waals surface area contributed by atoms with Crippen molar-refractivity contribution >= 4 is 32.6 Å². The van der Waals surface area contributed by atoms with Crippen LogP contribution in [0.25, 0.3) is 11.0 Å². The van der Waals surface area contributed by atoms with Gasteiger partial charge in [-0.05, 0) is 43.9 Å². The zero-order valence-corrected chi connectivity index (χ0v) is 20.4. The lowest BCUT2D eigenvalue weighted by Gasteiger charge is -2.29. The summed E-state index contributed by atoms with van der Waals surface area (Å²) in [7, 11) is 0.398. The van der Waals surface area contributed by atoms with Gasteiger partial charge in [0, 0.05) is 29.4 Å². The summed E-state index contributed by atoms with van der Waals surface area (Å²) < 4.78 is 8.26. The van der Waals surface area contributed by atoms with E-state index in [1.807, 2.05) is 24.4 Å². The van der Waals surface area contributed by atoms with Crippen molar-refractivity contribution < 1.29 is 4.43 Å². The lowest BCUT2D eigenvalue weighted by Crippen LogP contribution is -2.27. The molecule has 32 heavy (non-hydrogen) atoms. The Kier molecular flexibility index (Phi) is 6.06. The van der Waals surface area contributed by atoms with Gasteiger partial charge in [0.05, 0.1) is 5.60 Å². The molecule has 1 aliphatic carbocycles. The summed E-state index contributed by atoms with van der Waals surface area (Å²) in [5, 5.41) is 13.8. The fourth-order valence-corrected chi connectivity index (χ4v) is 4.64. The van der Waals surface area contributed by atoms with Gasteiger partial charge in [0.1, 0.15) is 23.2 Å². The summed E-state index contributed by atoms with van der Waals surface area (Å²) in [4.78, 5) is 13.7. The number of nitrogens with zero attached hydrogens (tertiary/aromatic N) is 5. The molecule has 7 nitrogen and oxygen atoms in total. The third-order valence-corrected chi connectivity index (χ3v) is 6.92. The quantitative estimate of drug-likeness (QED) is 0.493. The van der Waals surface area contributed by atoms with Crippen molar-refractivity contribution in [1.82, 2.24) is 19.5 Å². The number of anilines is 2. The molecule has 3 aromatic rings. The summed E-state index contributed by atoms with van der Waals surface area (Å²) in [5.41, 5.74) is 2.06. The second-order valence-electron chi connectivity index (χ2n) is 9.94. The summed E-state index contributed by atoms with van der Waals surface area (Å²) in [6, 6.07) is 8.48. The van der Waals surface area contributed by atoms with E-state index < -0.39 is 5.60 Å². The molecule has 0 spiro atoms. The molecule has 0 amide bonds. The summed E-state index contributed by atoms with van der Waals surface area (Å²) in [6.07, 6.45) is 8.17. The van der Waals surface area contributed by atoms with Crippen molar-refractivity contribution in [3.8, 4) is 6.07 Å². The van der Waals surface area contributed by atoms with Crippen molar-refractivity contribution in [2.75, 3.05) is 5.32 Å². The fraction of sp³-hybridized carbons (Fsp3) is 0.500. The molecule has 4 rings (SSSR count). The van der Waals surface area contributed by atoms with Crippen LogP contribution in [0.2, 0.25) is 5.04 Å². The van der Waals surface area contributed by atoms with Gasteiger partial charge in [0.15, 0.2) is 0 Å². The fourth-order valence-electron chi connectivity index (χ4n) is 3.96. The molecule has 0 bridgehead atoms. The Bertz CT molecular complexity index is 1130. The zero-order chi connectivity index (χ0) is 22.9. The van der Waals surface area contributed by atoms with Crippen LogP contribution in [0.15, 0.2) is 30.6 Å². The van der Waals surface area contributed by atoms with E-state index in [0.717, 1.165) is 29.4 Å². The second-order valence-corrected chi connectivity index (χ2v) is 11.9. The molecular weight excluding hydrogens is 416 g/mol. The highest BCUT2D eigenvalue weighted by atomic mass is 28.2. The average Bonchev–Trinajstić information content (AvgIpc) is 3.39. The van der Waals surface area contributed by atoms with Gasteiger partial charge in [-0.25, -0.2) is 9.97 Å². The number of hydrogen-bond acceptors (Lipinski definition) is 6. The number of fused-ring (bicyclic) bond motifs is 1. The van der Waals surface area contributed by atoms with Crippen LogP contribution in [-0.4, -0.2) is 29.3 Å². The number of hydrogen-bond donors (Lipinski definition) is 1. The Morgan fingerprint density at radius 2 is 1.88 bits per heavy atom. The zero-order valence-electron chi connectivity index (χ0n) is 19.4. The maximum Gasteiger partial charge on any atom is 0.236 e. The maximum absolute atomic E-state index is 9.60. The third-order valence-electron chi connectivity index (χ3n) is 5.69. The SMILES string of the molecule is CC(C)(C)[Si]OC(C)(C)c1ccc(Nc2ncc3cc(C#N)n(C4CCCC4)c3n2)nc1. The van der Waals surface area contributed by atoms with Gasteiger partial charge in [-0.2, -0.15) is 10.2 Å². The van der Waals surface area contributed by atoms with Crippen LogP contribution in [0.1, 0.15) is 77.6 Å². The molecule has 1 fully saturated rings. The minimum atomic E-state index is -0.414. The van der Waals surface area contributed by atoms with E-state index in [1.54, 1.807) is 6.20 Å². The van der Waals surface area contributed by atoms with E-state index in [9.17, 15) is 5.26 Å². The predicted molar refractivity (Wildman–Crippen MR) is 127 cm³/mol. The Morgan fingerprint density at radius 1 is 1.12 bits per heavy atom. The van der Waals surface area contributed by atoms with E-state index in [0.29, 0.717) is 33.3 Å². The number of aromatic nitrogens is 4. The van der Waals surface area contributed by atoms with Crippen molar-refractivity contribution in [1.29, 1.82) is 5.26 Å². The Labute approximate surface area is 192 Å². The van der Waals surface area contributed by atoms with Crippen LogP contribution in [0, 0.1) is 11.3 Å². The van der Waals surface area contributed by atoms with Gasteiger partial charge in [-0.15, -0.1) is 0 Å². The van der Waals surface area contributed by atoms with E-state index in [2.05, 4.69) is 60.5 Å². The van der Waals surface area contributed by atoms with Gasteiger partial charge in [0.2, 0.25) is 15.7 Å². The maximum atomic E-state index is 9.60. The molecule has 2 radical (unpaired) electrons. The van der Waals surface area contributed by atoms with E-state index in [-0.39, 0.29) is 5.04 Å². The highest BCUT2D eigenvalue weighted by molar-refractivity contribution is 6.31. The monoisotopic (exact) mass is 446 g/mol. The molecule has 1 N–H and O–H groups in total. The molecule has 8 heteroatoms. The first-order valence-electron chi connectivity index (χ1n) is 11.1. The second kappa shape index (κ2) is 8.64. The molecule has 166 valence electrons. The van der Waals surface area contributed by atoms with Crippen molar-refractivity contribution in [2.24, 2.45) is 0 Å². The lowest BCUT2D eigenvalue weighted by atomic mass is 10.0. The van der Waals surface area contributed by atoms with Crippen molar-refractivity contribution in [3.05, 3.63) is 41.9 Å². The third kappa shape index (κ3) is 4.84. The van der Waals surface area contributed by atoms with E-state index in [1.165, 1.54) is 12.8 Å². The smallest absolute Gasteiger partial charge is 0.236 e. The molecule has 3 aromatic heterocycles. The van der Waals surface area contributed by atoms with Crippen LogP contribution in [-0.2, 0) is 10.0 Å². The minimum absolute atomic E-state index is 0.129. The molecule has 3 heterocycles. The van der Waals surface area contributed by atoms with Crippen LogP contribution in [0.4, 0.5) is 11.8 Å². The first-order chi connectivity index (χ1) is 15.2. The van der Waals surface area contributed by atoms with Crippen molar-refractivity contribution in [3.63, 3.8) is 0 Å². The first-order valence-corrected chi connectivity index (χ1v) is 12.0. The van der Waals surface area contributed by atoms with Gasteiger partial charge >= 0.3 is 0 Å². The Morgan fingerprint density at radius 3 is 2.50 bits per heavy atom. The number of nitrogens with one attached hydrogen (secondary N) is 1. The Balaban J connectivity index is 1.54. The van der Waals surface area contributed by atoms with Gasteiger partial charge in [-0.1, -0.05) is 39.7 Å². The van der Waals surface area contributed by atoms with E-state index in [4.69, 9.17) is 9.41 Å². The topological polar surface area (TPSA) is 88.6 Å². The highest BCUT2D eigenvalue weighted by Gasteiger charge is 2.26. The summed E-state index contributed by atoms with van der Waals surface area (Å²) in [5.74, 6) is 1.14. The molecule has 0 aromatic carbocycles. The lowest BCUT2D eigenvalue weighted by molar-refractivity contribution is 0.109. The molecule has 0 atom stereocenters. The normalized spacial score (nSPS) is 15.2. The standard InChI is InChI=1S/C24H30N6OSi/c1-23(2,3)32-31-24(4,5)17-10-11-20(26-15-17)28-22-27-14-16-12-19(13-25)30(21(16)29-22)18-8-6-7-9-18/h10-12,14-15,18H,6-9H2,1-5H3,(H,26,27,28,29). The predicted octanol–water partition coefficient (Wildman–Crippen LogP) is 5.65. The van der Waals surface area contributed by atoms with E-state index >= 15 is 0 Å². The number of nitriles is 1. The van der Waals surface area contributed by atoms with Crippen LogP contribution >= 0.6 is 0 Å². The van der Waals surface area contributed by atoms with Crippen LogP contribution < -0.4 is 5.32 Å². The Hall–Kier alpha value is -2.76. The summed E-state index contributed by atoms with van der Waals surface area (Å²) >= 11 is 0. The first kappa shape index (κ1) is 22.4. The largest absolute Gasteiger partial charge is 0.408 e. The van der Waals surface area contributed by atoms with Crippen molar-refractivity contribution in [2.45, 2.75) is 77.0 Å². The molecular formula is C24H30N6OSi. The molecule has 0 saturated heterocycles. The molecule has 1 saturated carbocycles. The van der Waals surface area contributed by atoms with Gasteiger partial charge in [-0.3, -0.25) is 0 Å². The average molecular weight is 447 g/mol. The van der Waals surface area contributed by atoms with Gasteiger partial charge < -0.3 is 14.3 Å².